The summed E-state index contributed by atoms with van der Waals surface area (Å²) in [6.07, 6.45) is -0.817. The van der Waals surface area contributed by atoms with Crippen molar-refractivity contribution in [2.24, 2.45) is 0 Å². The molecule has 1 atom stereocenters. The summed E-state index contributed by atoms with van der Waals surface area (Å²) < 4.78 is 10.9. The molecule has 0 aromatic heterocycles. The van der Waals surface area contributed by atoms with Gasteiger partial charge in [0.25, 0.3) is 0 Å². The van der Waals surface area contributed by atoms with E-state index in [4.69, 9.17) is 32.7 Å². The molecule has 0 saturated heterocycles. The Bertz CT molecular complexity index is 893. The monoisotopic (exact) mass is 386 g/mol. The highest BCUT2D eigenvalue weighted by Gasteiger charge is 2.18. The zero-order valence-electron chi connectivity index (χ0n) is 14.0. The van der Waals surface area contributed by atoms with E-state index in [0.717, 1.165) is 11.1 Å². The molecule has 3 nitrogen and oxygen atoms in total. The van der Waals surface area contributed by atoms with Gasteiger partial charge in [-0.15, -0.1) is 0 Å². The highest BCUT2D eigenvalue weighted by Crippen LogP contribution is 2.28. The Morgan fingerprint density at radius 2 is 1.54 bits per heavy atom. The molecule has 0 heterocycles. The number of esters is 1. The van der Waals surface area contributed by atoms with Crippen molar-refractivity contribution in [1.82, 2.24) is 0 Å². The van der Waals surface area contributed by atoms with Crippen molar-refractivity contribution < 1.29 is 14.3 Å². The molecule has 0 bridgehead atoms. The lowest BCUT2D eigenvalue weighted by Crippen LogP contribution is -2.28. The normalized spacial score (nSPS) is 11.7. The van der Waals surface area contributed by atoms with Crippen LogP contribution in [0.2, 0.25) is 10.0 Å². The van der Waals surface area contributed by atoms with Crippen molar-refractivity contribution in [2.45, 2.75) is 13.0 Å². The summed E-state index contributed by atoms with van der Waals surface area (Å²) >= 11 is 11.9. The molecule has 0 amide bonds. The predicted octanol–water partition coefficient (Wildman–Crippen LogP) is 6.03. The third-order valence-electron chi connectivity index (χ3n) is 3.71. The molecule has 0 aliphatic carbocycles. The van der Waals surface area contributed by atoms with Gasteiger partial charge in [-0.25, -0.2) is 4.79 Å². The van der Waals surface area contributed by atoms with Gasteiger partial charge in [0.1, 0.15) is 11.5 Å². The number of rotatable bonds is 5. The SMILES string of the molecule is C[C@H](Oc1ccc(Cl)cc1Cl)C(=O)Oc1ccc(-c2ccccc2)cc1. The number of hydrogen-bond donors (Lipinski definition) is 0. The van der Waals surface area contributed by atoms with Gasteiger partial charge < -0.3 is 9.47 Å². The molecule has 5 heteroatoms. The van der Waals surface area contributed by atoms with Gasteiger partial charge in [0.15, 0.2) is 6.10 Å². The second kappa shape index (κ2) is 8.26. The molecule has 0 aliphatic heterocycles. The standard InChI is InChI=1S/C21H16Cl2O3/c1-14(25-20-12-9-17(22)13-19(20)23)21(24)26-18-10-7-16(8-11-18)15-5-3-2-4-6-15/h2-14H,1H3/t14-/m0/s1. The van der Waals surface area contributed by atoms with Crippen molar-refractivity contribution in [3.8, 4) is 22.6 Å². The first-order valence-corrected chi connectivity index (χ1v) is 8.77. The van der Waals surface area contributed by atoms with Gasteiger partial charge in [0.05, 0.1) is 5.02 Å². The number of carbonyl (C=O) groups excluding carboxylic acids is 1. The van der Waals surface area contributed by atoms with Crippen molar-refractivity contribution in [3.05, 3.63) is 82.8 Å². The maximum atomic E-state index is 12.2. The molecule has 0 fully saturated rings. The Kier molecular flexibility index (Phi) is 5.82. The molecule has 0 aliphatic rings. The van der Waals surface area contributed by atoms with Gasteiger partial charge in [-0.05, 0) is 48.4 Å². The summed E-state index contributed by atoms with van der Waals surface area (Å²) in [6.45, 7) is 1.60. The Morgan fingerprint density at radius 1 is 0.885 bits per heavy atom. The van der Waals surface area contributed by atoms with Gasteiger partial charge >= 0.3 is 5.97 Å². The van der Waals surface area contributed by atoms with Crippen LogP contribution in [0.25, 0.3) is 11.1 Å². The zero-order chi connectivity index (χ0) is 18.5. The molecular formula is C21H16Cl2O3. The topological polar surface area (TPSA) is 35.5 Å². The lowest BCUT2D eigenvalue weighted by molar-refractivity contribution is -0.141. The first-order chi connectivity index (χ1) is 12.5. The van der Waals surface area contributed by atoms with Crippen LogP contribution in [-0.4, -0.2) is 12.1 Å². The van der Waals surface area contributed by atoms with Crippen LogP contribution in [0.15, 0.2) is 72.8 Å². The van der Waals surface area contributed by atoms with Crippen LogP contribution in [0.1, 0.15) is 6.92 Å². The maximum Gasteiger partial charge on any atom is 0.352 e. The lowest BCUT2D eigenvalue weighted by atomic mass is 10.1. The minimum atomic E-state index is -0.817. The minimum Gasteiger partial charge on any atom is -0.477 e. The minimum absolute atomic E-state index is 0.337. The predicted molar refractivity (Wildman–Crippen MR) is 104 cm³/mol. The number of halogens is 2. The zero-order valence-corrected chi connectivity index (χ0v) is 15.5. The first kappa shape index (κ1) is 18.3. The highest BCUT2D eigenvalue weighted by atomic mass is 35.5. The third-order valence-corrected chi connectivity index (χ3v) is 4.24. The van der Waals surface area contributed by atoms with Crippen LogP contribution in [0.4, 0.5) is 0 Å². The third kappa shape index (κ3) is 4.57. The summed E-state index contributed by atoms with van der Waals surface area (Å²) in [4.78, 5) is 12.2. The molecule has 0 N–H and O–H groups in total. The van der Waals surface area contributed by atoms with Crippen molar-refractivity contribution in [1.29, 1.82) is 0 Å². The summed E-state index contributed by atoms with van der Waals surface area (Å²) in [7, 11) is 0. The van der Waals surface area contributed by atoms with Crippen molar-refractivity contribution in [2.75, 3.05) is 0 Å². The summed E-state index contributed by atoms with van der Waals surface area (Å²) in [5.74, 6) is 0.316. The average molecular weight is 387 g/mol. The summed E-state index contributed by atoms with van der Waals surface area (Å²) in [6, 6.07) is 22.1. The second-order valence-corrected chi connectivity index (χ2v) is 6.49. The summed E-state index contributed by atoms with van der Waals surface area (Å²) in [5, 5.41) is 0.834. The maximum absolute atomic E-state index is 12.2. The van der Waals surface area contributed by atoms with Crippen LogP contribution in [-0.2, 0) is 4.79 Å². The van der Waals surface area contributed by atoms with Crippen LogP contribution < -0.4 is 9.47 Å². The van der Waals surface area contributed by atoms with Crippen LogP contribution in [0.5, 0.6) is 11.5 Å². The Balaban J connectivity index is 1.63. The van der Waals surface area contributed by atoms with Crippen molar-refractivity contribution >= 4 is 29.2 Å². The average Bonchev–Trinajstić information content (AvgIpc) is 2.65. The van der Waals surface area contributed by atoms with E-state index < -0.39 is 12.1 Å². The molecule has 0 saturated carbocycles. The fourth-order valence-corrected chi connectivity index (χ4v) is 2.81. The van der Waals surface area contributed by atoms with Gasteiger partial charge in [-0.1, -0.05) is 65.7 Å². The lowest BCUT2D eigenvalue weighted by Gasteiger charge is -2.15. The van der Waals surface area contributed by atoms with Crippen molar-refractivity contribution in [3.63, 3.8) is 0 Å². The Hall–Kier alpha value is -2.49. The smallest absolute Gasteiger partial charge is 0.352 e. The van der Waals surface area contributed by atoms with Gasteiger partial charge in [-0.2, -0.15) is 0 Å². The Morgan fingerprint density at radius 3 is 2.19 bits per heavy atom. The van der Waals surface area contributed by atoms with Crippen LogP contribution >= 0.6 is 23.2 Å². The Labute approximate surface area is 162 Å². The van der Waals surface area contributed by atoms with E-state index in [-0.39, 0.29) is 0 Å². The van der Waals surface area contributed by atoms with E-state index in [1.165, 1.54) is 0 Å². The molecule has 26 heavy (non-hydrogen) atoms. The molecule has 0 spiro atoms. The van der Waals surface area contributed by atoms with Gasteiger partial charge in [0, 0.05) is 5.02 Å². The number of ether oxygens (including phenoxy) is 2. The molecule has 0 unspecified atom stereocenters. The van der Waals surface area contributed by atoms with E-state index in [9.17, 15) is 4.79 Å². The quantitative estimate of drug-likeness (QED) is 0.396. The number of benzene rings is 3. The number of hydrogen-bond acceptors (Lipinski definition) is 3. The molecular weight excluding hydrogens is 371 g/mol. The van der Waals surface area contributed by atoms with Crippen LogP contribution in [0, 0.1) is 0 Å². The molecule has 0 radical (unpaired) electrons. The van der Waals surface area contributed by atoms with E-state index in [0.29, 0.717) is 21.5 Å². The van der Waals surface area contributed by atoms with Gasteiger partial charge in [-0.3, -0.25) is 0 Å². The molecule has 3 aromatic carbocycles. The van der Waals surface area contributed by atoms with E-state index in [1.807, 2.05) is 42.5 Å². The first-order valence-electron chi connectivity index (χ1n) is 8.02. The molecule has 3 aromatic rings. The van der Waals surface area contributed by atoms with Crippen LogP contribution in [0.3, 0.4) is 0 Å². The fraction of sp³-hybridized carbons (Fsp3) is 0.0952. The number of carbonyl (C=O) groups is 1. The molecule has 132 valence electrons. The van der Waals surface area contributed by atoms with E-state index in [2.05, 4.69) is 0 Å². The highest BCUT2D eigenvalue weighted by molar-refractivity contribution is 6.35. The largest absolute Gasteiger partial charge is 0.477 e. The van der Waals surface area contributed by atoms with Gasteiger partial charge in [0.2, 0.25) is 0 Å². The summed E-state index contributed by atoms with van der Waals surface area (Å²) in [5.41, 5.74) is 2.14. The fourth-order valence-electron chi connectivity index (χ4n) is 2.35. The molecule has 3 rings (SSSR count). The second-order valence-electron chi connectivity index (χ2n) is 5.65. The van der Waals surface area contributed by atoms with E-state index >= 15 is 0 Å². The van der Waals surface area contributed by atoms with E-state index in [1.54, 1.807) is 37.3 Å².